The molecule has 0 saturated carbocycles. The summed E-state index contributed by atoms with van der Waals surface area (Å²) in [6, 6.07) is 26.0. The van der Waals surface area contributed by atoms with Gasteiger partial charge in [0, 0.05) is 23.1 Å². The molecule has 5 rings (SSSR count). The van der Waals surface area contributed by atoms with Gasteiger partial charge in [0.2, 0.25) is 0 Å². The number of aromatic nitrogens is 1. The summed E-state index contributed by atoms with van der Waals surface area (Å²) in [4.78, 5) is 17.9. The van der Waals surface area contributed by atoms with Crippen LogP contribution in [0.4, 0.5) is 4.79 Å². The molecular weight excluding hydrogens is 348 g/mol. The fourth-order valence-corrected chi connectivity index (χ4v) is 3.88. The summed E-state index contributed by atoms with van der Waals surface area (Å²) in [5.74, 6) is 0.564. The van der Waals surface area contributed by atoms with Crippen molar-refractivity contribution < 1.29 is 9.53 Å². The van der Waals surface area contributed by atoms with Gasteiger partial charge in [0.05, 0.1) is 6.54 Å². The van der Waals surface area contributed by atoms with Crippen LogP contribution in [0.2, 0.25) is 0 Å². The molecule has 2 heterocycles. The summed E-state index contributed by atoms with van der Waals surface area (Å²) in [6.07, 6.45) is 0.521. The molecule has 1 aromatic heterocycles. The van der Waals surface area contributed by atoms with Crippen molar-refractivity contribution in [1.29, 1.82) is 0 Å². The maximum Gasteiger partial charge on any atom is 0.415 e. The minimum absolute atomic E-state index is 0.311. The molecule has 138 valence electrons. The zero-order valence-corrected chi connectivity index (χ0v) is 15.4. The molecule has 4 heteroatoms. The molecule has 1 aliphatic heterocycles. The lowest BCUT2D eigenvalue weighted by atomic mass is 10.0. The fourth-order valence-electron chi connectivity index (χ4n) is 3.88. The van der Waals surface area contributed by atoms with Crippen molar-refractivity contribution >= 4 is 17.0 Å². The van der Waals surface area contributed by atoms with Crippen LogP contribution >= 0.6 is 0 Å². The maximum absolute atomic E-state index is 12.7. The van der Waals surface area contributed by atoms with Gasteiger partial charge >= 0.3 is 6.09 Å². The highest BCUT2D eigenvalue weighted by atomic mass is 16.6. The Balaban J connectivity index is 1.34. The van der Waals surface area contributed by atoms with Crippen molar-refractivity contribution in [2.45, 2.75) is 13.0 Å². The zero-order chi connectivity index (χ0) is 18.9. The summed E-state index contributed by atoms with van der Waals surface area (Å²) in [5.41, 5.74) is 5.66. The van der Waals surface area contributed by atoms with Crippen LogP contribution in [0.15, 0.2) is 78.9 Å². The first kappa shape index (κ1) is 16.6. The Labute approximate surface area is 163 Å². The number of nitrogens with one attached hydrogen (secondary N) is 1. The van der Waals surface area contributed by atoms with Crippen LogP contribution in [-0.4, -0.2) is 22.5 Å². The molecule has 3 aromatic carbocycles. The van der Waals surface area contributed by atoms with Crippen molar-refractivity contribution in [2.24, 2.45) is 0 Å². The van der Waals surface area contributed by atoms with Gasteiger partial charge in [-0.25, -0.2) is 4.79 Å². The molecule has 4 nitrogen and oxygen atoms in total. The van der Waals surface area contributed by atoms with E-state index in [9.17, 15) is 4.79 Å². The van der Waals surface area contributed by atoms with Crippen molar-refractivity contribution in [2.75, 3.05) is 6.54 Å². The van der Waals surface area contributed by atoms with Crippen LogP contribution < -0.4 is 4.74 Å². The van der Waals surface area contributed by atoms with E-state index < -0.39 is 0 Å². The molecule has 0 atom stereocenters. The van der Waals surface area contributed by atoms with E-state index in [0.717, 1.165) is 28.8 Å². The largest absolute Gasteiger partial charge is 0.415 e. The van der Waals surface area contributed by atoms with Gasteiger partial charge in [-0.1, -0.05) is 60.7 Å². The molecule has 0 bridgehead atoms. The van der Waals surface area contributed by atoms with E-state index in [1.807, 2.05) is 60.7 Å². The van der Waals surface area contributed by atoms with Crippen LogP contribution in [0, 0.1) is 0 Å². The molecular formula is C24H20N2O2. The number of rotatable bonds is 2. The predicted molar refractivity (Wildman–Crippen MR) is 110 cm³/mol. The third-order valence-corrected chi connectivity index (χ3v) is 5.29. The monoisotopic (exact) mass is 368 g/mol. The average molecular weight is 368 g/mol. The Hall–Kier alpha value is -3.53. The van der Waals surface area contributed by atoms with Gasteiger partial charge in [-0.3, -0.25) is 0 Å². The van der Waals surface area contributed by atoms with Crippen molar-refractivity contribution in [3.8, 4) is 16.9 Å². The average Bonchev–Trinajstić information content (AvgIpc) is 3.12. The number of carbonyl (C=O) groups excluding carboxylic acids is 1. The number of nitrogens with zero attached hydrogens (tertiary/aromatic N) is 1. The minimum atomic E-state index is -0.311. The topological polar surface area (TPSA) is 45.3 Å². The second-order valence-corrected chi connectivity index (χ2v) is 7.06. The van der Waals surface area contributed by atoms with Crippen molar-refractivity contribution in [3.05, 3.63) is 90.1 Å². The van der Waals surface area contributed by atoms with Gasteiger partial charge in [0.15, 0.2) is 0 Å². The number of aromatic amines is 1. The SMILES string of the molecule is O=C(Oc1cccc(-c2ccccc2)c1)N1CCc2c([nH]c3ccccc23)C1. The summed E-state index contributed by atoms with van der Waals surface area (Å²) in [7, 11) is 0. The molecule has 1 aliphatic rings. The van der Waals surface area contributed by atoms with Crippen LogP contribution in [0.1, 0.15) is 11.3 Å². The molecule has 0 radical (unpaired) electrons. The summed E-state index contributed by atoms with van der Waals surface area (Å²) >= 11 is 0. The van der Waals surface area contributed by atoms with Gasteiger partial charge in [-0.2, -0.15) is 0 Å². The zero-order valence-electron chi connectivity index (χ0n) is 15.4. The van der Waals surface area contributed by atoms with E-state index in [1.54, 1.807) is 4.90 Å². The molecule has 1 amide bonds. The van der Waals surface area contributed by atoms with Crippen LogP contribution in [0.25, 0.3) is 22.0 Å². The fraction of sp³-hybridized carbons (Fsp3) is 0.125. The quantitative estimate of drug-likeness (QED) is 0.515. The molecule has 28 heavy (non-hydrogen) atoms. The molecule has 0 aliphatic carbocycles. The van der Waals surface area contributed by atoms with Crippen LogP contribution in [0.3, 0.4) is 0 Å². The lowest BCUT2D eigenvalue weighted by Crippen LogP contribution is -2.37. The lowest BCUT2D eigenvalue weighted by Gasteiger charge is -2.26. The summed E-state index contributed by atoms with van der Waals surface area (Å²) < 4.78 is 5.68. The van der Waals surface area contributed by atoms with Gasteiger partial charge in [0.1, 0.15) is 5.75 Å². The minimum Gasteiger partial charge on any atom is -0.410 e. The highest BCUT2D eigenvalue weighted by Crippen LogP contribution is 2.28. The Bertz CT molecular complexity index is 1150. The van der Waals surface area contributed by atoms with E-state index in [2.05, 4.69) is 23.2 Å². The number of hydrogen-bond acceptors (Lipinski definition) is 2. The molecule has 0 spiro atoms. The van der Waals surface area contributed by atoms with Gasteiger partial charge in [-0.15, -0.1) is 0 Å². The highest BCUT2D eigenvalue weighted by Gasteiger charge is 2.25. The Kier molecular flexibility index (Phi) is 4.09. The maximum atomic E-state index is 12.7. The van der Waals surface area contributed by atoms with E-state index >= 15 is 0 Å². The van der Waals surface area contributed by atoms with E-state index in [4.69, 9.17) is 4.74 Å². The van der Waals surface area contributed by atoms with Gasteiger partial charge in [-0.05, 0) is 41.3 Å². The molecule has 0 fully saturated rings. The van der Waals surface area contributed by atoms with Crippen molar-refractivity contribution in [3.63, 3.8) is 0 Å². The van der Waals surface area contributed by atoms with Crippen LogP contribution in [0.5, 0.6) is 5.75 Å². The normalized spacial score (nSPS) is 13.4. The molecule has 4 aromatic rings. The number of para-hydroxylation sites is 1. The number of ether oxygens (including phenoxy) is 1. The van der Waals surface area contributed by atoms with Crippen molar-refractivity contribution in [1.82, 2.24) is 9.88 Å². The number of carbonyl (C=O) groups is 1. The number of H-pyrrole nitrogens is 1. The third-order valence-electron chi connectivity index (χ3n) is 5.29. The number of fused-ring (bicyclic) bond motifs is 3. The Morgan fingerprint density at radius 3 is 2.57 bits per heavy atom. The lowest BCUT2D eigenvalue weighted by molar-refractivity contribution is 0.146. The Morgan fingerprint density at radius 2 is 1.68 bits per heavy atom. The van der Waals surface area contributed by atoms with Gasteiger partial charge < -0.3 is 14.6 Å². The molecule has 0 unspecified atom stereocenters. The highest BCUT2D eigenvalue weighted by molar-refractivity contribution is 5.85. The number of amides is 1. The van der Waals surface area contributed by atoms with E-state index in [-0.39, 0.29) is 6.09 Å². The van der Waals surface area contributed by atoms with Gasteiger partial charge in [0.25, 0.3) is 0 Å². The molecule has 0 saturated heterocycles. The first-order valence-electron chi connectivity index (χ1n) is 9.48. The summed E-state index contributed by atoms with van der Waals surface area (Å²) in [5, 5.41) is 1.25. The first-order valence-corrected chi connectivity index (χ1v) is 9.48. The van der Waals surface area contributed by atoms with E-state index in [1.165, 1.54) is 10.9 Å². The van der Waals surface area contributed by atoms with E-state index in [0.29, 0.717) is 18.8 Å². The smallest absolute Gasteiger partial charge is 0.410 e. The van der Waals surface area contributed by atoms with Crippen LogP contribution in [-0.2, 0) is 13.0 Å². The molecule has 1 N–H and O–H groups in total. The second kappa shape index (κ2) is 6.89. The number of benzene rings is 3. The standard InChI is InChI=1S/C24H20N2O2/c27-24(28-19-10-6-9-18(15-19)17-7-2-1-3-8-17)26-14-13-21-20-11-4-5-12-22(20)25-23(21)16-26/h1-12,15,25H,13-14,16H2. The first-order chi connectivity index (χ1) is 13.8. The Morgan fingerprint density at radius 1 is 0.893 bits per heavy atom. The number of hydrogen-bond donors (Lipinski definition) is 1. The predicted octanol–water partition coefficient (Wildman–Crippen LogP) is 5.39. The second-order valence-electron chi connectivity index (χ2n) is 7.06. The third kappa shape index (κ3) is 3.03. The summed E-state index contributed by atoms with van der Waals surface area (Å²) in [6.45, 7) is 1.20.